The van der Waals surface area contributed by atoms with E-state index in [0.717, 1.165) is 69.2 Å². The quantitative estimate of drug-likeness (QED) is 0.172. The Morgan fingerprint density at radius 2 is 1.60 bits per heavy atom. The summed E-state index contributed by atoms with van der Waals surface area (Å²) in [5, 5.41) is 15.1. The van der Waals surface area contributed by atoms with Gasteiger partial charge in [0.25, 0.3) is 0 Å². The average molecular weight is 848 g/mol. The molecule has 4 aliphatic heterocycles. The number of methoxy groups -OCH3 is 2. The van der Waals surface area contributed by atoms with Crippen molar-refractivity contribution in [1.29, 1.82) is 0 Å². The zero-order valence-electron chi connectivity index (χ0n) is 38.7. The van der Waals surface area contributed by atoms with Crippen LogP contribution in [-0.2, 0) is 31.8 Å². The third kappa shape index (κ3) is 21.2. The van der Waals surface area contributed by atoms with Crippen LogP contribution in [0, 0.1) is 30.5 Å². The summed E-state index contributed by atoms with van der Waals surface area (Å²) in [6, 6.07) is 10.2. The number of rotatable bonds is 13. The van der Waals surface area contributed by atoms with Gasteiger partial charge in [0.05, 0.1) is 45.9 Å². The van der Waals surface area contributed by atoms with Gasteiger partial charge in [-0.25, -0.2) is 4.39 Å². The number of hydrogen-bond donors (Lipinski definition) is 3. The van der Waals surface area contributed by atoms with Gasteiger partial charge in [0, 0.05) is 68.6 Å². The number of aryl methyl sites for hydroxylation is 2. The first-order valence-corrected chi connectivity index (χ1v) is 22.0. The second-order valence-corrected chi connectivity index (χ2v) is 16.3. The maximum Gasteiger partial charge on any atom is 0.131 e. The number of anilines is 2. The highest BCUT2D eigenvalue weighted by Crippen LogP contribution is 2.38. The number of hydrogen-bond acceptors (Lipinski definition) is 8. The summed E-state index contributed by atoms with van der Waals surface area (Å²) in [7, 11) is 5.30. The van der Waals surface area contributed by atoms with Crippen LogP contribution in [0.2, 0.25) is 0 Å². The number of likely N-dealkylation sites (tertiary alicyclic amines) is 1. The van der Waals surface area contributed by atoms with Crippen LogP contribution in [0.5, 0.6) is 0 Å². The molecule has 60 heavy (non-hydrogen) atoms. The molecule has 0 aromatic heterocycles. The van der Waals surface area contributed by atoms with Crippen LogP contribution < -0.4 is 10.6 Å². The van der Waals surface area contributed by atoms with Gasteiger partial charge < -0.3 is 39.6 Å². The maximum atomic E-state index is 13.5. The van der Waals surface area contributed by atoms with Crippen molar-refractivity contribution in [2.45, 2.75) is 147 Å². The summed E-state index contributed by atoms with van der Waals surface area (Å²) >= 11 is 0. The minimum absolute atomic E-state index is 0. The molecule has 0 bridgehead atoms. The van der Waals surface area contributed by atoms with Crippen LogP contribution in [0.1, 0.15) is 138 Å². The third-order valence-corrected chi connectivity index (χ3v) is 11.3. The first-order valence-electron chi connectivity index (χ1n) is 22.0. The molecule has 0 aliphatic carbocycles. The second kappa shape index (κ2) is 33.6. The van der Waals surface area contributed by atoms with Crippen molar-refractivity contribution in [1.82, 2.24) is 4.90 Å². The fourth-order valence-electron chi connectivity index (χ4n) is 7.04. The molecule has 3 fully saturated rings. The van der Waals surface area contributed by atoms with Crippen molar-refractivity contribution in [3.05, 3.63) is 83.0 Å². The SMILES string of the molecule is C.C.C=COC.CC1=CCc2c(ccc(C)c2F)N1.CCC.CCC(Cc1cc(C)ccc1NC)OC.CCCCC1(CC)COC1.OCCCN1CCC2(CC1)COC2.[HH]. The lowest BCUT2D eigenvalue weighted by atomic mass is 9.77. The van der Waals surface area contributed by atoms with Gasteiger partial charge in [-0.2, -0.15) is 0 Å². The Labute approximate surface area is 370 Å². The Kier molecular flexibility index (Phi) is 33.2. The second-order valence-electron chi connectivity index (χ2n) is 16.3. The fourth-order valence-corrected chi connectivity index (χ4v) is 7.04. The predicted molar refractivity (Wildman–Crippen MR) is 260 cm³/mol. The number of aliphatic hydroxyl groups is 1. The average Bonchev–Trinajstić information content (AvgIpc) is 3.21. The third-order valence-electron chi connectivity index (χ3n) is 11.3. The van der Waals surface area contributed by atoms with Crippen LogP contribution in [0.4, 0.5) is 15.8 Å². The van der Waals surface area contributed by atoms with Crippen LogP contribution in [-0.4, -0.2) is 90.0 Å². The number of allylic oxidation sites excluding steroid dienone is 2. The molecule has 1 spiro atoms. The summed E-state index contributed by atoms with van der Waals surface area (Å²) in [5.41, 5.74) is 8.49. The molecular weight excluding hydrogens is 754 g/mol. The molecule has 0 amide bonds. The molecule has 4 aliphatic rings. The first kappa shape index (κ1) is 59.1. The molecule has 6 rings (SSSR count). The molecule has 2 aromatic rings. The van der Waals surface area contributed by atoms with Crippen molar-refractivity contribution in [3.8, 4) is 0 Å². The van der Waals surface area contributed by atoms with Crippen LogP contribution in [0.3, 0.4) is 0 Å². The number of unbranched alkanes of at least 4 members (excludes halogenated alkanes) is 1. The number of benzene rings is 2. The molecule has 9 heteroatoms. The molecule has 350 valence electrons. The zero-order valence-corrected chi connectivity index (χ0v) is 38.7. The standard InChI is InChI=1S/C13H21NO.C11H12FN.C10H19NO2.C9H18O.C3H6O.C3H8.2CH4.H2/c1-5-12(15-4)9-11-8-10(2)6-7-13(11)14-3;1-7-3-6-10-9(11(7)12)5-4-8(2)13-10;12-7-1-4-11-5-2-10(3-6-11)8-13-9-10;1-3-5-6-9(4-2)7-10-8-9;1-3-4-2;1-3-2;;;/h6-8,12,14H,5,9H2,1-4H3;3-4,6,13H,5H2,1-2H3;12H,1-9H2;3-8H2,1-2H3;3H,1H2,2H3;3H2,1-2H3;2*1H4;1H. The molecule has 3 saturated heterocycles. The highest BCUT2D eigenvalue weighted by atomic mass is 19.1. The van der Waals surface area contributed by atoms with Gasteiger partial charge in [0.1, 0.15) is 5.82 Å². The van der Waals surface area contributed by atoms with Gasteiger partial charge >= 0.3 is 0 Å². The van der Waals surface area contributed by atoms with E-state index in [1.54, 1.807) is 27.2 Å². The van der Waals surface area contributed by atoms with Gasteiger partial charge in [0.15, 0.2) is 0 Å². The van der Waals surface area contributed by atoms with E-state index < -0.39 is 0 Å². The minimum Gasteiger partial charge on any atom is -0.505 e. The van der Waals surface area contributed by atoms with Gasteiger partial charge in [-0.05, 0) is 102 Å². The number of piperidine rings is 1. The number of halogens is 1. The van der Waals surface area contributed by atoms with E-state index in [1.807, 2.05) is 26.1 Å². The number of nitrogens with one attached hydrogen (secondary N) is 2. The van der Waals surface area contributed by atoms with Crippen molar-refractivity contribution in [2.75, 3.05) is 84.6 Å². The summed E-state index contributed by atoms with van der Waals surface area (Å²) in [5.74, 6) is -0.0752. The van der Waals surface area contributed by atoms with E-state index in [1.165, 1.54) is 81.1 Å². The monoisotopic (exact) mass is 848 g/mol. The minimum atomic E-state index is -0.0752. The van der Waals surface area contributed by atoms with E-state index in [0.29, 0.717) is 35.5 Å². The van der Waals surface area contributed by atoms with E-state index in [9.17, 15) is 4.39 Å². The summed E-state index contributed by atoms with van der Waals surface area (Å²) in [4.78, 5) is 2.46. The first-order chi connectivity index (χ1) is 27.9. The molecule has 4 heterocycles. The van der Waals surface area contributed by atoms with Gasteiger partial charge in [-0.15, -0.1) is 0 Å². The molecule has 2 aromatic carbocycles. The summed E-state index contributed by atoms with van der Waals surface area (Å²) in [6.07, 6.45) is 16.5. The number of fused-ring (bicyclic) bond motifs is 1. The molecular formula is C51H94FN3O5. The largest absolute Gasteiger partial charge is 0.505 e. The Hall–Kier alpha value is -2.95. The van der Waals surface area contributed by atoms with Crippen molar-refractivity contribution < 1.29 is 29.9 Å². The lowest BCUT2D eigenvalue weighted by Gasteiger charge is -2.47. The molecule has 3 N–H and O–H groups in total. The summed E-state index contributed by atoms with van der Waals surface area (Å²) < 4.78 is 33.8. The number of nitrogens with zero attached hydrogens (tertiary/aromatic N) is 1. The fraction of sp³-hybridized carbons (Fsp3) is 0.686. The van der Waals surface area contributed by atoms with Crippen LogP contribution in [0.15, 0.2) is 54.9 Å². The lowest BCUT2D eigenvalue weighted by Crippen LogP contribution is -2.50. The zero-order chi connectivity index (χ0) is 43.4. The van der Waals surface area contributed by atoms with E-state index in [2.05, 4.69) is 86.6 Å². The van der Waals surface area contributed by atoms with Crippen LogP contribution in [0.25, 0.3) is 0 Å². The Bertz CT molecular complexity index is 1410. The smallest absolute Gasteiger partial charge is 0.131 e. The lowest BCUT2D eigenvalue weighted by molar-refractivity contribution is -0.139. The predicted octanol–water partition coefficient (Wildman–Crippen LogP) is 12.8. The Morgan fingerprint density at radius 1 is 0.983 bits per heavy atom. The van der Waals surface area contributed by atoms with Gasteiger partial charge in [-0.3, -0.25) is 0 Å². The van der Waals surface area contributed by atoms with Crippen molar-refractivity contribution in [3.63, 3.8) is 0 Å². The molecule has 0 radical (unpaired) electrons. The van der Waals surface area contributed by atoms with E-state index >= 15 is 0 Å². The maximum absolute atomic E-state index is 13.5. The summed E-state index contributed by atoms with van der Waals surface area (Å²) in [6.45, 7) is 27.9. The number of aliphatic hydroxyl groups excluding tert-OH is 1. The Morgan fingerprint density at radius 3 is 2.05 bits per heavy atom. The normalized spacial score (nSPS) is 16.6. The van der Waals surface area contributed by atoms with Crippen molar-refractivity contribution >= 4 is 11.4 Å². The number of ether oxygens (including phenoxy) is 4. The topological polar surface area (TPSA) is 84.5 Å². The van der Waals surface area contributed by atoms with Gasteiger partial charge in [0.2, 0.25) is 0 Å². The van der Waals surface area contributed by atoms with Crippen molar-refractivity contribution in [2.24, 2.45) is 10.8 Å². The van der Waals surface area contributed by atoms with Gasteiger partial charge in [-0.1, -0.05) is 105 Å². The highest BCUT2D eigenvalue weighted by molar-refractivity contribution is 5.59. The molecule has 1 unspecified atom stereocenters. The Balaban J connectivity index is -0.000000692. The molecule has 1 atom stereocenters. The molecule has 0 saturated carbocycles. The van der Waals surface area contributed by atoms with E-state index in [4.69, 9.17) is 19.3 Å². The van der Waals surface area contributed by atoms with E-state index in [-0.39, 0.29) is 22.1 Å². The molecule has 8 nitrogen and oxygen atoms in total. The highest BCUT2D eigenvalue weighted by Gasteiger charge is 2.40. The van der Waals surface area contributed by atoms with Crippen LogP contribution >= 0.6 is 0 Å².